The van der Waals surface area contributed by atoms with E-state index in [2.05, 4.69) is 0 Å². The summed E-state index contributed by atoms with van der Waals surface area (Å²) >= 11 is 0. The Kier molecular flexibility index (Phi) is 3.87. The van der Waals surface area contributed by atoms with Gasteiger partial charge in [-0.25, -0.2) is 4.39 Å². The summed E-state index contributed by atoms with van der Waals surface area (Å²) in [6.45, 7) is 0. The Morgan fingerprint density at radius 1 is 1.35 bits per heavy atom. The predicted molar refractivity (Wildman–Crippen MR) is 63.0 cm³/mol. The SMILES string of the molecule is COc1cc2c(cc1F)CC[C@H](NC(=O)C(F)(F)F)C2. The number of carbonyl (C=O) groups is 1. The van der Waals surface area contributed by atoms with Crippen LogP contribution in [0.2, 0.25) is 0 Å². The van der Waals surface area contributed by atoms with Crippen molar-refractivity contribution in [2.24, 2.45) is 0 Å². The molecule has 1 atom stereocenters. The van der Waals surface area contributed by atoms with Crippen LogP contribution in [0.4, 0.5) is 17.6 Å². The van der Waals surface area contributed by atoms with E-state index in [-0.39, 0.29) is 12.2 Å². The maximum absolute atomic E-state index is 13.5. The second-order valence-electron chi connectivity index (χ2n) is 4.67. The molecule has 0 spiro atoms. The van der Waals surface area contributed by atoms with Crippen LogP contribution in [0.25, 0.3) is 0 Å². The smallest absolute Gasteiger partial charge is 0.471 e. The lowest BCUT2D eigenvalue weighted by atomic mass is 9.88. The van der Waals surface area contributed by atoms with Crippen LogP contribution in [0.3, 0.4) is 0 Å². The van der Waals surface area contributed by atoms with Crippen molar-refractivity contribution in [3.63, 3.8) is 0 Å². The normalized spacial score (nSPS) is 18.4. The van der Waals surface area contributed by atoms with Gasteiger partial charge in [-0.15, -0.1) is 0 Å². The van der Waals surface area contributed by atoms with Crippen molar-refractivity contribution in [2.45, 2.75) is 31.5 Å². The van der Waals surface area contributed by atoms with Gasteiger partial charge >= 0.3 is 12.1 Å². The average Bonchev–Trinajstić information content (AvgIpc) is 2.37. The highest BCUT2D eigenvalue weighted by Gasteiger charge is 2.40. The Bertz CT molecular complexity index is 528. The van der Waals surface area contributed by atoms with E-state index in [0.29, 0.717) is 18.4 Å². The molecule has 0 saturated heterocycles. The van der Waals surface area contributed by atoms with E-state index in [1.807, 2.05) is 5.32 Å². The Labute approximate surface area is 112 Å². The summed E-state index contributed by atoms with van der Waals surface area (Å²) in [6, 6.07) is 2.19. The van der Waals surface area contributed by atoms with Gasteiger partial charge in [-0.2, -0.15) is 13.2 Å². The molecule has 1 aromatic rings. The molecular weight excluding hydrogens is 278 g/mol. The molecule has 1 amide bonds. The highest BCUT2D eigenvalue weighted by molar-refractivity contribution is 5.82. The molecule has 1 N–H and O–H groups in total. The number of hydrogen-bond acceptors (Lipinski definition) is 2. The van der Waals surface area contributed by atoms with Crippen molar-refractivity contribution in [3.05, 3.63) is 29.1 Å². The highest BCUT2D eigenvalue weighted by atomic mass is 19.4. The summed E-state index contributed by atoms with van der Waals surface area (Å²) in [6.07, 6.45) is -3.89. The number of ether oxygens (including phenoxy) is 1. The van der Waals surface area contributed by atoms with E-state index in [0.717, 1.165) is 5.56 Å². The number of hydrogen-bond donors (Lipinski definition) is 1. The first-order valence-corrected chi connectivity index (χ1v) is 6.04. The summed E-state index contributed by atoms with van der Waals surface area (Å²) in [4.78, 5) is 10.9. The fourth-order valence-corrected chi connectivity index (χ4v) is 2.30. The monoisotopic (exact) mass is 291 g/mol. The summed E-state index contributed by atoms with van der Waals surface area (Å²) < 4.78 is 54.9. The second kappa shape index (κ2) is 5.30. The van der Waals surface area contributed by atoms with Crippen molar-refractivity contribution in [2.75, 3.05) is 7.11 Å². The van der Waals surface area contributed by atoms with E-state index < -0.39 is 23.9 Å². The van der Waals surface area contributed by atoms with Gasteiger partial charge in [0.25, 0.3) is 0 Å². The molecule has 0 aliphatic heterocycles. The lowest BCUT2D eigenvalue weighted by Gasteiger charge is -2.26. The summed E-state index contributed by atoms with van der Waals surface area (Å²) in [5, 5.41) is 1.95. The Balaban J connectivity index is 2.13. The van der Waals surface area contributed by atoms with Crippen LogP contribution in [0.15, 0.2) is 12.1 Å². The first-order valence-electron chi connectivity index (χ1n) is 6.04. The van der Waals surface area contributed by atoms with E-state index in [1.165, 1.54) is 19.2 Å². The first kappa shape index (κ1) is 14.6. The third kappa shape index (κ3) is 3.02. The molecule has 0 unspecified atom stereocenters. The predicted octanol–water partition coefficient (Wildman–Crippen LogP) is 2.37. The zero-order chi connectivity index (χ0) is 14.9. The minimum absolute atomic E-state index is 0.0477. The van der Waals surface area contributed by atoms with Gasteiger partial charge in [0, 0.05) is 6.04 Å². The standard InChI is InChI=1S/C13H13F4NO2/c1-20-11-6-8-4-9(18-12(19)13(15,16)17)3-2-7(8)5-10(11)14/h5-6,9H,2-4H2,1H3,(H,18,19)/t9-/m0/s1. The molecular formula is C13H13F4NO2. The van der Waals surface area contributed by atoms with Crippen molar-refractivity contribution in [1.29, 1.82) is 0 Å². The van der Waals surface area contributed by atoms with Gasteiger partial charge in [0.15, 0.2) is 11.6 Å². The first-order chi connectivity index (χ1) is 9.31. The molecule has 0 radical (unpaired) electrons. The van der Waals surface area contributed by atoms with Gasteiger partial charge in [0.1, 0.15) is 0 Å². The summed E-state index contributed by atoms with van der Waals surface area (Å²) in [7, 11) is 1.32. The van der Waals surface area contributed by atoms with E-state index in [1.54, 1.807) is 0 Å². The van der Waals surface area contributed by atoms with Crippen LogP contribution < -0.4 is 10.1 Å². The molecule has 0 bridgehead atoms. The van der Waals surface area contributed by atoms with Crippen LogP contribution in [0.5, 0.6) is 5.75 Å². The van der Waals surface area contributed by atoms with Gasteiger partial charge in [0.05, 0.1) is 7.11 Å². The van der Waals surface area contributed by atoms with Crippen molar-refractivity contribution in [3.8, 4) is 5.75 Å². The number of nitrogens with one attached hydrogen (secondary N) is 1. The lowest BCUT2D eigenvalue weighted by molar-refractivity contribution is -0.174. The van der Waals surface area contributed by atoms with E-state index in [4.69, 9.17) is 4.74 Å². The highest BCUT2D eigenvalue weighted by Crippen LogP contribution is 2.28. The number of aryl methyl sites for hydroxylation is 1. The van der Waals surface area contributed by atoms with Crippen LogP contribution in [-0.4, -0.2) is 25.2 Å². The quantitative estimate of drug-likeness (QED) is 0.850. The number of carbonyl (C=O) groups excluding carboxylic acids is 1. The van der Waals surface area contributed by atoms with E-state index >= 15 is 0 Å². The van der Waals surface area contributed by atoms with Crippen LogP contribution in [-0.2, 0) is 17.6 Å². The maximum atomic E-state index is 13.5. The molecule has 0 aromatic heterocycles. The lowest BCUT2D eigenvalue weighted by Crippen LogP contribution is -2.45. The van der Waals surface area contributed by atoms with Gasteiger partial charge in [-0.1, -0.05) is 0 Å². The topological polar surface area (TPSA) is 38.3 Å². The van der Waals surface area contributed by atoms with Crippen LogP contribution in [0.1, 0.15) is 17.5 Å². The third-order valence-electron chi connectivity index (χ3n) is 3.30. The molecule has 0 fully saturated rings. The molecule has 1 aromatic carbocycles. The Morgan fingerprint density at radius 3 is 2.65 bits per heavy atom. The molecule has 110 valence electrons. The number of benzene rings is 1. The number of halogens is 4. The number of amides is 1. The molecule has 7 heteroatoms. The fraction of sp³-hybridized carbons (Fsp3) is 0.462. The maximum Gasteiger partial charge on any atom is 0.471 e. The molecule has 0 heterocycles. The van der Waals surface area contributed by atoms with Crippen molar-refractivity contribution < 1.29 is 27.1 Å². The summed E-state index contributed by atoms with van der Waals surface area (Å²) in [5.41, 5.74) is 1.43. The molecule has 2 rings (SSSR count). The number of methoxy groups -OCH3 is 1. The van der Waals surface area contributed by atoms with Crippen LogP contribution >= 0.6 is 0 Å². The second-order valence-corrected chi connectivity index (χ2v) is 4.67. The zero-order valence-corrected chi connectivity index (χ0v) is 10.7. The number of fused-ring (bicyclic) bond motifs is 1. The van der Waals surface area contributed by atoms with Crippen molar-refractivity contribution >= 4 is 5.91 Å². The molecule has 1 aliphatic carbocycles. The van der Waals surface area contributed by atoms with Gasteiger partial charge in [-0.3, -0.25) is 4.79 Å². The van der Waals surface area contributed by atoms with Crippen molar-refractivity contribution in [1.82, 2.24) is 5.32 Å². The molecule has 0 saturated carbocycles. The van der Waals surface area contributed by atoms with Crippen LogP contribution in [0, 0.1) is 5.82 Å². The number of rotatable bonds is 2. The molecule has 1 aliphatic rings. The molecule has 20 heavy (non-hydrogen) atoms. The van der Waals surface area contributed by atoms with Gasteiger partial charge in [0.2, 0.25) is 0 Å². The Hall–Kier alpha value is -1.79. The summed E-state index contributed by atoms with van der Waals surface area (Å²) in [5.74, 6) is -2.39. The largest absolute Gasteiger partial charge is 0.494 e. The minimum Gasteiger partial charge on any atom is -0.494 e. The zero-order valence-electron chi connectivity index (χ0n) is 10.7. The average molecular weight is 291 g/mol. The van der Waals surface area contributed by atoms with Gasteiger partial charge in [-0.05, 0) is 42.5 Å². The number of alkyl halides is 3. The fourth-order valence-electron chi connectivity index (χ4n) is 2.30. The Morgan fingerprint density at radius 2 is 2.05 bits per heavy atom. The van der Waals surface area contributed by atoms with Gasteiger partial charge < -0.3 is 10.1 Å². The minimum atomic E-state index is -4.89. The van der Waals surface area contributed by atoms with E-state index in [9.17, 15) is 22.4 Å². The molecule has 3 nitrogen and oxygen atoms in total. The third-order valence-corrected chi connectivity index (χ3v) is 3.30.